The maximum atomic E-state index is 13.6. The van der Waals surface area contributed by atoms with Gasteiger partial charge in [0.05, 0.1) is 13.2 Å². The van der Waals surface area contributed by atoms with Crippen LogP contribution in [0, 0.1) is 13.8 Å². The van der Waals surface area contributed by atoms with Crippen LogP contribution in [0.25, 0.3) is 33.4 Å². The summed E-state index contributed by atoms with van der Waals surface area (Å²) in [5.74, 6) is 0.845. The van der Waals surface area contributed by atoms with Crippen molar-refractivity contribution in [3.05, 3.63) is 112 Å². The summed E-state index contributed by atoms with van der Waals surface area (Å²) in [4.78, 5) is 53.7. The summed E-state index contributed by atoms with van der Waals surface area (Å²) in [7, 11) is 1.60. The minimum atomic E-state index is -0.688. The Bertz CT molecular complexity index is 2300. The number of para-hydroxylation sites is 1. The third kappa shape index (κ3) is 10.0. The Balaban J connectivity index is 1.10. The van der Waals surface area contributed by atoms with E-state index in [-0.39, 0.29) is 42.2 Å². The van der Waals surface area contributed by atoms with Crippen LogP contribution in [-0.2, 0) is 19.1 Å². The zero-order chi connectivity index (χ0) is 40.5. The fourth-order valence-electron chi connectivity index (χ4n) is 7.22. The van der Waals surface area contributed by atoms with E-state index in [1.165, 1.54) is 18.2 Å². The summed E-state index contributed by atoms with van der Waals surface area (Å²) >= 11 is 0. The van der Waals surface area contributed by atoms with Crippen LogP contribution < -0.4 is 20.8 Å². The predicted octanol–water partition coefficient (Wildman–Crippen LogP) is 7.75. The first-order chi connectivity index (χ1) is 27.5. The third-order valence-electron chi connectivity index (χ3n) is 10.1. The highest BCUT2D eigenvalue weighted by Gasteiger charge is 2.33. The zero-order valence-corrected chi connectivity index (χ0v) is 32.8. The van der Waals surface area contributed by atoms with Gasteiger partial charge < -0.3 is 34.0 Å². The van der Waals surface area contributed by atoms with Gasteiger partial charge in [-0.15, -0.1) is 0 Å². The molecule has 3 aromatic carbocycles. The van der Waals surface area contributed by atoms with E-state index in [1.54, 1.807) is 31.4 Å². The Morgan fingerprint density at radius 2 is 1.75 bits per heavy atom. The van der Waals surface area contributed by atoms with Crippen LogP contribution in [0.15, 0.2) is 99.7 Å². The number of anilines is 1. The lowest BCUT2D eigenvalue weighted by molar-refractivity contribution is -0.135. The lowest BCUT2D eigenvalue weighted by Gasteiger charge is -2.37. The van der Waals surface area contributed by atoms with Crippen molar-refractivity contribution in [3.63, 3.8) is 0 Å². The molecule has 3 N–H and O–H groups in total. The molecule has 3 aliphatic rings. The summed E-state index contributed by atoms with van der Waals surface area (Å²) in [6.45, 7) is 6.69. The van der Waals surface area contributed by atoms with E-state index >= 15 is 0 Å². The molecule has 2 aliphatic carbocycles. The maximum absolute atomic E-state index is 13.6. The van der Waals surface area contributed by atoms with Crippen LogP contribution >= 0.6 is 0 Å². The lowest BCUT2D eigenvalue weighted by atomic mass is 9.90. The number of nitrogens with one attached hydrogen (secondary N) is 2. The number of aromatic hydroxyl groups is 1. The van der Waals surface area contributed by atoms with Gasteiger partial charge in [0.2, 0.25) is 11.8 Å². The van der Waals surface area contributed by atoms with E-state index in [1.807, 2.05) is 68.1 Å². The number of unbranched alkanes of at least 4 members (excludes halogenated alkanes) is 1. The number of carbonyl (C=O) groups is 3. The van der Waals surface area contributed by atoms with E-state index in [9.17, 15) is 24.3 Å². The smallest absolute Gasteiger partial charge is 0.411 e. The van der Waals surface area contributed by atoms with Crippen LogP contribution in [0.3, 0.4) is 0 Å². The molecule has 0 saturated carbocycles. The van der Waals surface area contributed by atoms with Gasteiger partial charge in [0.1, 0.15) is 35.6 Å². The third-order valence-corrected chi connectivity index (χ3v) is 10.1. The number of hydrogen-bond donors (Lipinski definition) is 3. The number of nitrogens with zero attached hydrogens (tertiary/aromatic N) is 1. The van der Waals surface area contributed by atoms with Crippen molar-refractivity contribution in [2.75, 3.05) is 38.7 Å². The van der Waals surface area contributed by atoms with Crippen LogP contribution in [0.4, 0.5) is 10.5 Å². The summed E-state index contributed by atoms with van der Waals surface area (Å²) in [6, 6.07) is 22.3. The predicted molar refractivity (Wildman–Crippen MR) is 219 cm³/mol. The molecule has 2 unspecified atom stereocenters. The number of aryl methyl sites for hydroxylation is 2. The van der Waals surface area contributed by atoms with Gasteiger partial charge in [0.15, 0.2) is 5.43 Å². The minimum Gasteiger partial charge on any atom is -0.508 e. The van der Waals surface area contributed by atoms with Gasteiger partial charge in [0.25, 0.3) is 0 Å². The summed E-state index contributed by atoms with van der Waals surface area (Å²) < 4.78 is 23.1. The highest BCUT2D eigenvalue weighted by molar-refractivity contribution is 6.03. The van der Waals surface area contributed by atoms with E-state index < -0.39 is 12.2 Å². The fraction of sp³-hybridized carbons (Fsp3) is 0.333. The molecule has 1 heterocycles. The molecule has 0 saturated heterocycles. The molecular formula is C45H49N3O9. The molecule has 0 aromatic heterocycles. The van der Waals surface area contributed by atoms with Crippen molar-refractivity contribution in [2.45, 2.75) is 65.0 Å². The average Bonchev–Trinajstić information content (AvgIpc) is 3.19. The van der Waals surface area contributed by atoms with Gasteiger partial charge in [-0.05, 0) is 91.9 Å². The largest absolute Gasteiger partial charge is 0.508 e. The molecule has 0 fully saturated rings. The van der Waals surface area contributed by atoms with Gasteiger partial charge in [0, 0.05) is 72.4 Å². The highest BCUT2D eigenvalue weighted by Crippen LogP contribution is 2.42. The first-order valence-corrected chi connectivity index (χ1v) is 19.3. The lowest BCUT2D eigenvalue weighted by Crippen LogP contribution is -2.47. The molecule has 12 nitrogen and oxygen atoms in total. The highest BCUT2D eigenvalue weighted by atomic mass is 16.5. The normalized spacial score (nSPS) is 15.2. The van der Waals surface area contributed by atoms with Crippen molar-refractivity contribution in [2.24, 2.45) is 0 Å². The molecule has 3 amide bonds. The Kier molecular flexibility index (Phi) is 13.3. The molecule has 0 spiro atoms. The Labute approximate surface area is 331 Å². The van der Waals surface area contributed by atoms with Crippen LogP contribution in [0.1, 0.15) is 50.2 Å². The SMILES string of the molecule is CCCCC(=O)N(CCOC)C1CC(C(=O)NCCOC(=O)Nc2ccc(-c3c4ccc(=O)cc-4oc4cc(O)ccc34)c(C)c2)=CC(Oc2ccccc2C)C1. The number of rotatable bonds is 15. The Morgan fingerprint density at radius 3 is 2.53 bits per heavy atom. The van der Waals surface area contributed by atoms with E-state index in [0.717, 1.165) is 46.0 Å². The Hall–Kier alpha value is -6.14. The number of hydrogen-bond acceptors (Lipinski definition) is 9. The Morgan fingerprint density at radius 1 is 0.947 bits per heavy atom. The number of carbonyl (C=O) groups excluding carboxylic acids is 3. The average molecular weight is 776 g/mol. The van der Waals surface area contributed by atoms with Crippen LogP contribution in [-0.4, -0.2) is 73.5 Å². The second kappa shape index (κ2) is 18.7. The molecule has 2 atom stereocenters. The van der Waals surface area contributed by atoms with E-state index in [0.29, 0.717) is 60.8 Å². The van der Waals surface area contributed by atoms with Crippen molar-refractivity contribution < 1.29 is 38.1 Å². The maximum Gasteiger partial charge on any atom is 0.411 e. The number of benzene rings is 4. The summed E-state index contributed by atoms with van der Waals surface area (Å²) in [6.07, 6.45) is 3.66. The van der Waals surface area contributed by atoms with Crippen LogP contribution in [0.5, 0.6) is 11.5 Å². The van der Waals surface area contributed by atoms with Gasteiger partial charge in [-0.3, -0.25) is 19.7 Å². The van der Waals surface area contributed by atoms with Crippen LogP contribution in [0.2, 0.25) is 0 Å². The summed E-state index contributed by atoms with van der Waals surface area (Å²) in [5, 5.41) is 16.5. The molecule has 12 heteroatoms. The number of methoxy groups -OCH3 is 1. The number of phenolic OH excluding ortho intramolecular Hbond substituents is 1. The molecular weight excluding hydrogens is 727 g/mol. The number of phenols is 1. The van der Waals surface area contributed by atoms with Gasteiger partial charge >= 0.3 is 6.09 Å². The van der Waals surface area contributed by atoms with E-state index in [2.05, 4.69) is 10.6 Å². The molecule has 3 aromatic rings. The van der Waals surface area contributed by atoms with Gasteiger partial charge in [-0.25, -0.2) is 4.79 Å². The summed E-state index contributed by atoms with van der Waals surface area (Å²) in [5.41, 5.74) is 5.44. The second-order valence-electron chi connectivity index (χ2n) is 14.3. The minimum absolute atomic E-state index is 0.0255. The van der Waals surface area contributed by atoms with E-state index in [4.69, 9.17) is 18.6 Å². The topological polar surface area (TPSA) is 157 Å². The molecule has 298 valence electrons. The molecule has 57 heavy (non-hydrogen) atoms. The standard InChI is InChI=1S/C45H49N3O9/c1-5-6-11-42(51)48(19-21-54-4)32-23-30(24-35(25-32)56-39-10-8-7-9-28(39)2)44(52)46-18-20-55-45(53)47-31-12-15-36(29(3)22-31)43-37-16-13-33(49)26-40(37)57-41-27-34(50)14-17-38(41)43/h7-10,12-17,22,24,26-27,32,35,49H,5-6,11,18-21,23,25H2,1-4H3,(H,46,52)(H,47,53). The molecule has 0 radical (unpaired) electrons. The molecule has 1 aliphatic heterocycles. The number of ether oxygens (including phenoxy) is 3. The second-order valence-corrected chi connectivity index (χ2v) is 14.3. The van der Waals surface area contributed by atoms with Crippen molar-refractivity contribution in [1.29, 1.82) is 0 Å². The number of fused-ring (bicyclic) bond motifs is 2. The first kappa shape index (κ1) is 40.5. The quantitative estimate of drug-likeness (QED) is 0.0715. The van der Waals surface area contributed by atoms with Crippen molar-refractivity contribution in [3.8, 4) is 33.9 Å². The number of amides is 3. The molecule has 6 rings (SSSR count). The molecule has 0 bridgehead atoms. The zero-order valence-electron chi connectivity index (χ0n) is 32.8. The van der Waals surface area contributed by atoms with Gasteiger partial charge in [-0.1, -0.05) is 37.6 Å². The van der Waals surface area contributed by atoms with Gasteiger partial charge in [-0.2, -0.15) is 0 Å². The monoisotopic (exact) mass is 775 g/mol. The first-order valence-electron chi connectivity index (χ1n) is 19.3. The van der Waals surface area contributed by atoms with Crippen molar-refractivity contribution >= 4 is 34.6 Å². The fourth-order valence-corrected chi connectivity index (χ4v) is 7.22. The van der Waals surface area contributed by atoms with Crippen molar-refractivity contribution in [1.82, 2.24) is 10.2 Å².